The highest BCUT2D eigenvalue weighted by Gasteiger charge is 2.14. The molecule has 0 aliphatic rings. The van der Waals surface area contributed by atoms with Crippen LogP contribution in [-0.4, -0.2) is 13.1 Å². The summed E-state index contributed by atoms with van der Waals surface area (Å²) in [6, 6.07) is 8.72. The molecular formula is C14H22ClN. The topological polar surface area (TPSA) is 12.0 Å². The van der Waals surface area contributed by atoms with E-state index in [-0.39, 0.29) is 0 Å². The van der Waals surface area contributed by atoms with Crippen LogP contribution >= 0.6 is 11.6 Å². The molecule has 0 spiro atoms. The van der Waals surface area contributed by atoms with E-state index in [1.54, 1.807) is 0 Å². The zero-order valence-electron chi connectivity index (χ0n) is 10.5. The lowest BCUT2D eigenvalue weighted by Gasteiger charge is -2.23. The van der Waals surface area contributed by atoms with Crippen LogP contribution in [0.3, 0.4) is 0 Å². The van der Waals surface area contributed by atoms with Crippen molar-refractivity contribution in [2.45, 2.75) is 39.2 Å². The number of hydrogen-bond acceptors (Lipinski definition) is 1. The molecule has 0 saturated heterocycles. The fourth-order valence-corrected chi connectivity index (χ4v) is 2.24. The lowest BCUT2D eigenvalue weighted by molar-refractivity contribution is 0.371. The minimum Gasteiger partial charge on any atom is -0.316 e. The van der Waals surface area contributed by atoms with Crippen LogP contribution < -0.4 is 5.32 Å². The summed E-state index contributed by atoms with van der Waals surface area (Å²) in [6.45, 7) is 4.56. The van der Waals surface area contributed by atoms with Crippen molar-refractivity contribution in [3.63, 3.8) is 0 Å². The van der Waals surface area contributed by atoms with Crippen LogP contribution in [0.2, 0.25) is 5.02 Å². The number of benzene rings is 1. The molecule has 0 aliphatic heterocycles. The SMILES string of the molecule is CCCC(C)C(Cc1ccc(Cl)cc1)NC. The highest BCUT2D eigenvalue weighted by atomic mass is 35.5. The van der Waals surface area contributed by atoms with Gasteiger partial charge in [-0.05, 0) is 43.5 Å². The normalized spacial score (nSPS) is 14.8. The van der Waals surface area contributed by atoms with Gasteiger partial charge < -0.3 is 5.32 Å². The van der Waals surface area contributed by atoms with Gasteiger partial charge in [0.1, 0.15) is 0 Å². The smallest absolute Gasteiger partial charge is 0.0406 e. The van der Waals surface area contributed by atoms with Gasteiger partial charge in [0.15, 0.2) is 0 Å². The van der Waals surface area contributed by atoms with Crippen LogP contribution in [0.25, 0.3) is 0 Å². The Morgan fingerprint density at radius 2 is 1.88 bits per heavy atom. The van der Waals surface area contributed by atoms with Crippen molar-refractivity contribution in [3.05, 3.63) is 34.9 Å². The summed E-state index contributed by atoms with van der Waals surface area (Å²) in [7, 11) is 2.05. The Hall–Kier alpha value is -0.530. The molecule has 0 heterocycles. The molecule has 0 aliphatic carbocycles. The molecule has 2 unspecified atom stereocenters. The fourth-order valence-electron chi connectivity index (χ4n) is 2.12. The van der Waals surface area contributed by atoms with Gasteiger partial charge in [-0.2, -0.15) is 0 Å². The Balaban J connectivity index is 2.59. The van der Waals surface area contributed by atoms with Crippen molar-refractivity contribution in [2.75, 3.05) is 7.05 Å². The van der Waals surface area contributed by atoms with Crippen LogP contribution in [0.15, 0.2) is 24.3 Å². The second-order valence-corrected chi connectivity index (χ2v) is 4.93. The monoisotopic (exact) mass is 239 g/mol. The average molecular weight is 240 g/mol. The van der Waals surface area contributed by atoms with Gasteiger partial charge in [-0.15, -0.1) is 0 Å². The third kappa shape index (κ3) is 4.15. The second-order valence-electron chi connectivity index (χ2n) is 4.49. The number of halogens is 1. The fraction of sp³-hybridized carbons (Fsp3) is 0.571. The van der Waals surface area contributed by atoms with Crippen molar-refractivity contribution in [3.8, 4) is 0 Å². The highest BCUT2D eigenvalue weighted by molar-refractivity contribution is 6.30. The Morgan fingerprint density at radius 3 is 2.38 bits per heavy atom. The van der Waals surface area contributed by atoms with E-state index in [4.69, 9.17) is 11.6 Å². The van der Waals surface area contributed by atoms with Gasteiger partial charge >= 0.3 is 0 Å². The zero-order valence-corrected chi connectivity index (χ0v) is 11.2. The van der Waals surface area contributed by atoms with E-state index in [1.807, 2.05) is 19.2 Å². The van der Waals surface area contributed by atoms with Crippen molar-refractivity contribution in [1.82, 2.24) is 5.32 Å². The van der Waals surface area contributed by atoms with Crippen molar-refractivity contribution < 1.29 is 0 Å². The average Bonchev–Trinajstić information content (AvgIpc) is 2.28. The molecular weight excluding hydrogens is 218 g/mol. The van der Waals surface area contributed by atoms with Crippen LogP contribution in [0.5, 0.6) is 0 Å². The molecule has 90 valence electrons. The van der Waals surface area contributed by atoms with E-state index in [0.717, 1.165) is 11.4 Å². The minimum atomic E-state index is 0.557. The maximum absolute atomic E-state index is 5.88. The summed E-state index contributed by atoms with van der Waals surface area (Å²) in [5.74, 6) is 0.714. The lowest BCUT2D eigenvalue weighted by Crippen LogP contribution is -2.34. The largest absolute Gasteiger partial charge is 0.316 e. The molecule has 0 bridgehead atoms. The van der Waals surface area contributed by atoms with Crippen LogP contribution in [0.4, 0.5) is 0 Å². The van der Waals surface area contributed by atoms with Gasteiger partial charge in [0, 0.05) is 11.1 Å². The molecule has 2 heteroatoms. The second kappa shape index (κ2) is 6.93. The molecule has 1 rings (SSSR count). The molecule has 2 atom stereocenters. The summed E-state index contributed by atoms with van der Waals surface area (Å²) in [5, 5.41) is 4.23. The summed E-state index contributed by atoms with van der Waals surface area (Å²) in [4.78, 5) is 0. The maximum atomic E-state index is 5.88. The molecule has 0 amide bonds. The molecule has 0 fully saturated rings. The van der Waals surface area contributed by atoms with Crippen LogP contribution in [-0.2, 0) is 6.42 Å². The first-order valence-corrected chi connectivity index (χ1v) is 6.46. The number of rotatable bonds is 6. The van der Waals surface area contributed by atoms with Gasteiger partial charge in [-0.3, -0.25) is 0 Å². The molecule has 0 aromatic heterocycles. The van der Waals surface area contributed by atoms with E-state index in [1.165, 1.54) is 18.4 Å². The van der Waals surface area contributed by atoms with Crippen LogP contribution in [0.1, 0.15) is 32.3 Å². The summed E-state index contributed by atoms with van der Waals surface area (Å²) >= 11 is 5.88. The van der Waals surface area contributed by atoms with Gasteiger partial charge in [0.05, 0.1) is 0 Å². The number of hydrogen-bond donors (Lipinski definition) is 1. The molecule has 1 aromatic rings. The zero-order chi connectivity index (χ0) is 12.0. The first-order valence-electron chi connectivity index (χ1n) is 6.09. The summed E-state index contributed by atoms with van der Waals surface area (Å²) in [5.41, 5.74) is 1.35. The number of likely N-dealkylation sites (N-methyl/N-ethyl adjacent to an activating group) is 1. The third-order valence-corrected chi connectivity index (χ3v) is 3.42. The Morgan fingerprint density at radius 1 is 1.25 bits per heavy atom. The Kier molecular flexibility index (Phi) is 5.86. The summed E-state index contributed by atoms with van der Waals surface area (Å²) in [6.07, 6.45) is 3.61. The predicted octanol–water partition coefficient (Wildman–Crippen LogP) is 3.91. The Bertz CT molecular complexity index is 294. The van der Waals surface area contributed by atoms with E-state index in [0.29, 0.717) is 12.0 Å². The predicted molar refractivity (Wildman–Crippen MR) is 72.1 cm³/mol. The highest BCUT2D eigenvalue weighted by Crippen LogP contribution is 2.16. The van der Waals surface area contributed by atoms with Crippen molar-refractivity contribution in [1.29, 1.82) is 0 Å². The van der Waals surface area contributed by atoms with Crippen molar-refractivity contribution in [2.24, 2.45) is 5.92 Å². The molecule has 0 saturated carbocycles. The van der Waals surface area contributed by atoms with Crippen LogP contribution in [0, 0.1) is 5.92 Å². The third-order valence-electron chi connectivity index (χ3n) is 3.17. The molecule has 1 N–H and O–H groups in total. The van der Waals surface area contributed by atoms with E-state index >= 15 is 0 Å². The van der Waals surface area contributed by atoms with E-state index in [2.05, 4.69) is 31.3 Å². The van der Waals surface area contributed by atoms with Gasteiger partial charge in [-0.1, -0.05) is 44.0 Å². The first kappa shape index (κ1) is 13.5. The van der Waals surface area contributed by atoms with E-state index < -0.39 is 0 Å². The lowest BCUT2D eigenvalue weighted by atomic mass is 9.92. The first-order chi connectivity index (χ1) is 7.67. The number of nitrogens with one attached hydrogen (secondary N) is 1. The van der Waals surface area contributed by atoms with Crippen molar-refractivity contribution >= 4 is 11.6 Å². The molecule has 0 radical (unpaired) electrons. The molecule has 1 nitrogen and oxygen atoms in total. The standard InChI is InChI=1S/C14H22ClN/c1-4-5-11(2)14(16-3)10-12-6-8-13(15)9-7-12/h6-9,11,14,16H,4-5,10H2,1-3H3. The quantitative estimate of drug-likeness (QED) is 0.794. The van der Waals surface area contributed by atoms with E-state index in [9.17, 15) is 0 Å². The summed E-state index contributed by atoms with van der Waals surface area (Å²) < 4.78 is 0. The molecule has 1 aromatic carbocycles. The minimum absolute atomic E-state index is 0.557. The van der Waals surface area contributed by atoms with Gasteiger partial charge in [0.25, 0.3) is 0 Å². The van der Waals surface area contributed by atoms with Gasteiger partial charge in [0.2, 0.25) is 0 Å². The van der Waals surface area contributed by atoms with Gasteiger partial charge in [-0.25, -0.2) is 0 Å². The Labute approximate surface area is 104 Å². The maximum Gasteiger partial charge on any atom is 0.0406 e. The molecule has 16 heavy (non-hydrogen) atoms.